The maximum Gasteiger partial charge on any atom is 0.326 e. The van der Waals surface area contributed by atoms with Crippen molar-refractivity contribution in [2.75, 3.05) is 6.54 Å². The lowest BCUT2D eigenvalue weighted by Crippen LogP contribution is -2.61. The molecule has 2 heterocycles. The maximum absolute atomic E-state index is 14.6. The Bertz CT molecular complexity index is 1760. The number of carbonyl (C=O) groups is 5. The Kier molecular flexibility index (Phi) is 12.3. The van der Waals surface area contributed by atoms with Gasteiger partial charge in [0.25, 0.3) is 0 Å². The van der Waals surface area contributed by atoms with Crippen molar-refractivity contribution in [2.24, 2.45) is 22.4 Å². The van der Waals surface area contributed by atoms with Crippen LogP contribution in [0.3, 0.4) is 0 Å². The van der Waals surface area contributed by atoms with Crippen LogP contribution in [0, 0.1) is 5.92 Å². The SMILES string of the molecule is CC(=O)NC(C(=O)N[C@@H](CCCN=C(N)N)C(=O)N1Cc2ccccc2C[C@H]1C(=O)N[C@@H](Cc1cccc2[nH]ccc12)C(=O)O)C1CCCCC1. The Hall–Kier alpha value is -5.40. The van der Waals surface area contributed by atoms with E-state index in [9.17, 15) is 29.1 Å². The Balaban J connectivity index is 1.41. The molecule has 14 nitrogen and oxygen atoms in total. The van der Waals surface area contributed by atoms with Gasteiger partial charge in [0.15, 0.2) is 5.96 Å². The molecule has 2 aliphatic rings. The summed E-state index contributed by atoms with van der Waals surface area (Å²) in [6.45, 7) is 1.64. The molecule has 272 valence electrons. The molecule has 1 aliphatic heterocycles. The van der Waals surface area contributed by atoms with Gasteiger partial charge in [0.05, 0.1) is 0 Å². The number of aromatic nitrogens is 1. The van der Waals surface area contributed by atoms with Crippen LogP contribution in [0.4, 0.5) is 0 Å². The van der Waals surface area contributed by atoms with E-state index in [0.29, 0.717) is 6.42 Å². The topological polar surface area (TPSA) is 225 Å². The summed E-state index contributed by atoms with van der Waals surface area (Å²) in [4.78, 5) is 75.8. The molecule has 4 atom stereocenters. The van der Waals surface area contributed by atoms with Crippen molar-refractivity contribution in [1.29, 1.82) is 0 Å². The summed E-state index contributed by atoms with van der Waals surface area (Å²) >= 11 is 0. The van der Waals surface area contributed by atoms with Crippen LogP contribution in [0.5, 0.6) is 0 Å². The van der Waals surface area contributed by atoms with Gasteiger partial charge < -0.3 is 42.4 Å². The van der Waals surface area contributed by atoms with E-state index in [2.05, 4.69) is 25.9 Å². The molecule has 1 fully saturated rings. The summed E-state index contributed by atoms with van der Waals surface area (Å²) in [5, 5.41) is 19.5. The molecule has 9 N–H and O–H groups in total. The van der Waals surface area contributed by atoms with Gasteiger partial charge in [-0.2, -0.15) is 0 Å². The van der Waals surface area contributed by atoms with E-state index >= 15 is 0 Å². The van der Waals surface area contributed by atoms with Gasteiger partial charge in [-0.15, -0.1) is 0 Å². The molecule has 3 aromatic rings. The molecule has 0 radical (unpaired) electrons. The number of carboxylic acid groups (broad SMARTS) is 1. The first-order valence-electron chi connectivity index (χ1n) is 17.6. The molecule has 1 unspecified atom stereocenters. The third kappa shape index (κ3) is 9.44. The average Bonchev–Trinajstić information content (AvgIpc) is 3.61. The summed E-state index contributed by atoms with van der Waals surface area (Å²) in [6, 6.07) is 10.6. The van der Waals surface area contributed by atoms with Gasteiger partial charge in [0.1, 0.15) is 24.2 Å². The van der Waals surface area contributed by atoms with Crippen LogP contribution in [-0.2, 0) is 43.4 Å². The van der Waals surface area contributed by atoms with Gasteiger partial charge in [-0.05, 0) is 60.4 Å². The number of carbonyl (C=O) groups excluding carboxylic acids is 4. The van der Waals surface area contributed by atoms with E-state index in [1.165, 1.54) is 11.8 Å². The van der Waals surface area contributed by atoms with E-state index < -0.39 is 47.9 Å². The van der Waals surface area contributed by atoms with E-state index in [-0.39, 0.29) is 50.1 Å². The largest absolute Gasteiger partial charge is 0.480 e. The zero-order valence-electron chi connectivity index (χ0n) is 28.9. The number of hydrogen-bond acceptors (Lipinski definition) is 6. The molecule has 1 aliphatic carbocycles. The summed E-state index contributed by atoms with van der Waals surface area (Å²) in [6.07, 6.45) is 6.94. The number of nitrogens with one attached hydrogen (secondary N) is 4. The first-order valence-corrected chi connectivity index (χ1v) is 17.6. The number of carboxylic acids is 1. The number of nitrogens with zero attached hydrogens (tertiary/aromatic N) is 2. The van der Waals surface area contributed by atoms with Crippen LogP contribution in [0.2, 0.25) is 0 Å². The highest BCUT2D eigenvalue weighted by Gasteiger charge is 2.40. The Morgan fingerprint density at radius 3 is 2.39 bits per heavy atom. The van der Waals surface area contributed by atoms with Crippen molar-refractivity contribution in [2.45, 2.75) is 95.4 Å². The number of H-pyrrole nitrogens is 1. The number of hydrogen-bond donors (Lipinski definition) is 7. The minimum Gasteiger partial charge on any atom is -0.480 e. The molecule has 5 rings (SSSR count). The third-order valence-electron chi connectivity index (χ3n) is 9.88. The second-order valence-electron chi connectivity index (χ2n) is 13.5. The first kappa shape index (κ1) is 36.9. The van der Waals surface area contributed by atoms with Crippen LogP contribution in [0.25, 0.3) is 10.9 Å². The van der Waals surface area contributed by atoms with Crippen LogP contribution >= 0.6 is 0 Å². The predicted molar refractivity (Wildman–Crippen MR) is 192 cm³/mol. The monoisotopic (exact) mass is 700 g/mol. The molecular weight excluding hydrogens is 652 g/mol. The number of rotatable bonds is 14. The number of aliphatic carboxylic acids is 1. The van der Waals surface area contributed by atoms with Gasteiger partial charge in [-0.3, -0.25) is 24.2 Å². The van der Waals surface area contributed by atoms with Crippen molar-refractivity contribution >= 4 is 46.5 Å². The molecule has 14 heteroatoms. The Morgan fingerprint density at radius 1 is 0.941 bits per heavy atom. The standard InChI is InChI=1S/C37H48N8O6/c1-22(46)42-32(23-9-3-2-4-10-23)34(48)43-29(15-8-17-41-37(38)39)35(49)45-21-26-12-6-5-11-24(26)20-31(45)33(47)44-30(36(50)51)19-25-13-7-14-28-27(25)16-18-40-28/h5-7,11-14,16,18,23,29-32,40H,2-4,8-10,15,17,19-21H2,1H3,(H,42,46)(H,43,48)(H,44,47)(H,50,51)(H4,38,39,41)/t29-,30-,31-,32?/m0/s1. The van der Waals surface area contributed by atoms with Gasteiger partial charge in [0.2, 0.25) is 23.6 Å². The normalized spacial score (nSPS) is 17.7. The molecule has 1 aromatic heterocycles. The second kappa shape index (κ2) is 17.0. The molecule has 0 spiro atoms. The average molecular weight is 701 g/mol. The maximum atomic E-state index is 14.6. The summed E-state index contributed by atoms with van der Waals surface area (Å²) < 4.78 is 0. The molecule has 2 aromatic carbocycles. The van der Waals surface area contributed by atoms with Crippen LogP contribution in [0.1, 0.15) is 68.6 Å². The molecule has 0 bridgehead atoms. The van der Waals surface area contributed by atoms with Crippen LogP contribution < -0.4 is 27.4 Å². The summed E-state index contributed by atoms with van der Waals surface area (Å²) in [5.74, 6) is -3.32. The molecule has 51 heavy (non-hydrogen) atoms. The van der Waals surface area contributed by atoms with Crippen molar-refractivity contribution < 1.29 is 29.1 Å². The van der Waals surface area contributed by atoms with Gasteiger partial charge >= 0.3 is 5.97 Å². The van der Waals surface area contributed by atoms with Crippen LogP contribution in [-0.4, -0.2) is 81.3 Å². The Morgan fingerprint density at radius 2 is 1.69 bits per heavy atom. The van der Waals surface area contributed by atoms with E-state index in [4.69, 9.17) is 11.5 Å². The van der Waals surface area contributed by atoms with E-state index in [0.717, 1.165) is 59.7 Å². The zero-order chi connectivity index (χ0) is 36.5. The summed E-state index contributed by atoms with van der Waals surface area (Å²) in [5.41, 5.74) is 14.3. The lowest BCUT2D eigenvalue weighted by molar-refractivity contribution is -0.147. The first-order chi connectivity index (χ1) is 24.5. The smallest absolute Gasteiger partial charge is 0.326 e. The Labute approximate surface area is 296 Å². The van der Waals surface area contributed by atoms with E-state index in [1.54, 1.807) is 6.20 Å². The number of guanidine groups is 1. The molecular formula is C37H48N8O6. The van der Waals surface area contributed by atoms with E-state index in [1.807, 2.05) is 48.5 Å². The minimum atomic E-state index is -1.27. The predicted octanol–water partition coefficient (Wildman–Crippen LogP) is 1.86. The number of aromatic amines is 1. The third-order valence-corrected chi connectivity index (χ3v) is 9.88. The van der Waals surface area contributed by atoms with Crippen molar-refractivity contribution in [3.63, 3.8) is 0 Å². The number of benzene rings is 2. The van der Waals surface area contributed by atoms with Crippen LogP contribution in [0.15, 0.2) is 59.7 Å². The van der Waals surface area contributed by atoms with Gasteiger partial charge in [-0.1, -0.05) is 55.7 Å². The lowest BCUT2D eigenvalue weighted by atomic mass is 9.83. The minimum absolute atomic E-state index is 0.0305. The fraction of sp³-hybridized carbons (Fsp3) is 0.459. The molecule has 1 saturated carbocycles. The highest BCUT2D eigenvalue weighted by molar-refractivity contribution is 5.95. The zero-order valence-corrected chi connectivity index (χ0v) is 28.9. The number of amides is 4. The van der Waals surface area contributed by atoms with Crippen molar-refractivity contribution in [3.05, 3.63) is 71.4 Å². The van der Waals surface area contributed by atoms with Gasteiger partial charge in [0, 0.05) is 50.0 Å². The number of fused-ring (bicyclic) bond motifs is 2. The second-order valence-corrected chi connectivity index (χ2v) is 13.5. The molecule has 4 amide bonds. The quantitative estimate of drug-likeness (QED) is 0.0745. The van der Waals surface area contributed by atoms with Crippen molar-refractivity contribution in [3.8, 4) is 0 Å². The fourth-order valence-electron chi connectivity index (χ4n) is 7.31. The van der Waals surface area contributed by atoms with Crippen molar-refractivity contribution in [1.82, 2.24) is 25.8 Å². The number of nitrogens with two attached hydrogens (primary N) is 2. The highest BCUT2D eigenvalue weighted by atomic mass is 16.4. The lowest BCUT2D eigenvalue weighted by Gasteiger charge is -2.39. The summed E-state index contributed by atoms with van der Waals surface area (Å²) in [7, 11) is 0. The highest BCUT2D eigenvalue weighted by Crippen LogP contribution is 2.28. The fourth-order valence-corrected chi connectivity index (χ4v) is 7.31. The molecule has 0 saturated heterocycles. The van der Waals surface area contributed by atoms with Gasteiger partial charge in [-0.25, -0.2) is 4.79 Å². The number of aliphatic imine (C=N–C) groups is 1.